The lowest BCUT2D eigenvalue weighted by atomic mass is 9.92. The van der Waals surface area contributed by atoms with Gasteiger partial charge in [0.05, 0.1) is 19.6 Å². The SMILES string of the molecule is COC(=O)N1CCC(CNC(=O)C2(c3ccccc3OC)CC2)CC1. The Labute approximate surface area is 148 Å². The summed E-state index contributed by atoms with van der Waals surface area (Å²) in [6, 6.07) is 7.77. The van der Waals surface area contributed by atoms with E-state index in [0.29, 0.717) is 25.6 Å². The van der Waals surface area contributed by atoms with Crippen LogP contribution in [0.15, 0.2) is 24.3 Å². The zero-order chi connectivity index (χ0) is 17.9. The van der Waals surface area contributed by atoms with Crippen molar-refractivity contribution in [2.24, 2.45) is 5.92 Å². The average Bonchev–Trinajstić information content (AvgIpc) is 3.47. The Balaban J connectivity index is 1.54. The predicted octanol–water partition coefficient (Wildman–Crippen LogP) is 2.32. The fraction of sp³-hybridized carbons (Fsp3) is 0.579. The number of ether oxygens (including phenoxy) is 2. The van der Waals surface area contributed by atoms with Crippen molar-refractivity contribution in [3.63, 3.8) is 0 Å². The lowest BCUT2D eigenvalue weighted by Gasteiger charge is -2.31. The first-order valence-electron chi connectivity index (χ1n) is 8.85. The summed E-state index contributed by atoms with van der Waals surface area (Å²) in [6.07, 6.45) is 3.23. The van der Waals surface area contributed by atoms with E-state index in [4.69, 9.17) is 9.47 Å². The molecule has 3 rings (SSSR count). The number of para-hydroxylation sites is 1. The molecule has 1 aliphatic carbocycles. The highest BCUT2D eigenvalue weighted by Gasteiger charge is 2.52. The van der Waals surface area contributed by atoms with Crippen LogP contribution in [0.25, 0.3) is 0 Å². The van der Waals surface area contributed by atoms with Gasteiger partial charge in [-0.3, -0.25) is 4.79 Å². The van der Waals surface area contributed by atoms with Gasteiger partial charge in [0.2, 0.25) is 5.91 Å². The smallest absolute Gasteiger partial charge is 0.409 e. The summed E-state index contributed by atoms with van der Waals surface area (Å²) in [7, 11) is 3.05. The maximum absolute atomic E-state index is 12.8. The second-order valence-electron chi connectivity index (χ2n) is 6.89. The lowest BCUT2D eigenvalue weighted by Crippen LogP contribution is -2.43. The molecule has 136 valence electrons. The number of amides is 2. The molecule has 0 spiro atoms. The van der Waals surface area contributed by atoms with E-state index < -0.39 is 5.41 Å². The zero-order valence-electron chi connectivity index (χ0n) is 14.9. The molecular weight excluding hydrogens is 320 g/mol. The summed E-state index contributed by atoms with van der Waals surface area (Å²) in [5.41, 5.74) is 0.551. The minimum absolute atomic E-state index is 0.0902. The van der Waals surface area contributed by atoms with Crippen molar-refractivity contribution in [1.82, 2.24) is 10.2 Å². The van der Waals surface area contributed by atoms with Gasteiger partial charge in [-0.05, 0) is 37.7 Å². The summed E-state index contributed by atoms with van der Waals surface area (Å²) >= 11 is 0. The molecule has 1 saturated heterocycles. The summed E-state index contributed by atoms with van der Waals surface area (Å²) in [6.45, 7) is 2.03. The maximum Gasteiger partial charge on any atom is 0.409 e. The average molecular weight is 346 g/mol. The first-order chi connectivity index (χ1) is 12.1. The molecule has 2 amide bonds. The molecule has 0 radical (unpaired) electrons. The minimum Gasteiger partial charge on any atom is -0.496 e. The highest BCUT2D eigenvalue weighted by Crippen LogP contribution is 2.51. The van der Waals surface area contributed by atoms with Crippen molar-refractivity contribution in [1.29, 1.82) is 0 Å². The van der Waals surface area contributed by atoms with Gasteiger partial charge < -0.3 is 19.7 Å². The van der Waals surface area contributed by atoms with Crippen molar-refractivity contribution in [2.75, 3.05) is 33.9 Å². The Kier molecular flexibility index (Phi) is 5.16. The van der Waals surface area contributed by atoms with Crippen molar-refractivity contribution >= 4 is 12.0 Å². The normalized spacial score (nSPS) is 19.2. The number of likely N-dealkylation sites (tertiary alicyclic amines) is 1. The van der Waals surface area contributed by atoms with Crippen molar-refractivity contribution in [3.8, 4) is 5.75 Å². The van der Waals surface area contributed by atoms with E-state index >= 15 is 0 Å². The van der Waals surface area contributed by atoms with Crippen LogP contribution in [-0.2, 0) is 14.9 Å². The first kappa shape index (κ1) is 17.6. The number of piperidine rings is 1. The van der Waals surface area contributed by atoms with E-state index in [0.717, 1.165) is 37.0 Å². The van der Waals surface area contributed by atoms with E-state index in [1.165, 1.54) is 7.11 Å². The number of carbonyl (C=O) groups excluding carboxylic acids is 2. The fourth-order valence-corrected chi connectivity index (χ4v) is 3.64. The van der Waals surface area contributed by atoms with Gasteiger partial charge in [0.1, 0.15) is 5.75 Å². The molecule has 0 bridgehead atoms. The molecule has 1 saturated carbocycles. The van der Waals surface area contributed by atoms with Crippen molar-refractivity contribution in [3.05, 3.63) is 29.8 Å². The molecule has 2 aliphatic rings. The van der Waals surface area contributed by atoms with Gasteiger partial charge in [-0.2, -0.15) is 0 Å². The van der Waals surface area contributed by atoms with Crippen LogP contribution in [0, 0.1) is 5.92 Å². The van der Waals surface area contributed by atoms with Crippen LogP contribution >= 0.6 is 0 Å². The Bertz CT molecular complexity index is 634. The Morgan fingerprint density at radius 1 is 1.20 bits per heavy atom. The van der Waals surface area contributed by atoms with Crippen LogP contribution in [0.5, 0.6) is 5.75 Å². The van der Waals surface area contributed by atoms with Gasteiger partial charge in [0, 0.05) is 25.2 Å². The molecule has 1 N–H and O–H groups in total. The monoisotopic (exact) mass is 346 g/mol. The summed E-state index contributed by atoms with van der Waals surface area (Å²) in [4.78, 5) is 26.0. The molecule has 1 heterocycles. The van der Waals surface area contributed by atoms with Gasteiger partial charge in [-0.15, -0.1) is 0 Å². The number of rotatable bonds is 5. The molecular formula is C19H26N2O4. The van der Waals surface area contributed by atoms with E-state index in [1.54, 1.807) is 12.0 Å². The van der Waals surface area contributed by atoms with Crippen LogP contribution in [0.1, 0.15) is 31.2 Å². The molecule has 0 atom stereocenters. The third kappa shape index (κ3) is 3.57. The quantitative estimate of drug-likeness (QED) is 0.888. The lowest BCUT2D eigenvalue weighted by molar-refractivity contribution is -0.123. The number of nitrogens with one attached hydrogen (secondary N) is 1. The third-order valence-electron chi connectivity index (χ3n) is 5.41. The van der Waals surface area contributed by atoms with E-state index in [2.05, 4.69) is 5.32 Å². The Morgan fingerprint density at radius 2 is 1.88 bits per heavy atom. The summed E-state index contributed by atoms with van der Waals surface area (Å²) in [5.74, 6) is 1.27. The largest absolute Gasteiger partial charge is 0.496 e. The molecule has 6 heteroatoms. The van der Waals surface area contributed by atoms with Gasteiger partial charge in [-0.1, -0.05) is 18.2 Å². The summed E-state index contributed by atoms with van der Waals surface area (Å²) < 4.78 is 10.2. The van der Waals surface area contributed by atoms with Gasteiger partial charge in [-0.25, -0.2) is 4.79 Å². The van der Waals surface area contributed by atoms with Crippen LogP contribution in [0.3, 0.4) is 0 Å². The van der Waals surface area contributed by atoms with Crippen LogP contribution < -0.4 is 10.1 Å². The first-order valence-corrected chi connectivity index (χ1v) is 8.85. The Hall–Kier alpha value is -2.24. The van der Waals surface area contributed by atoms with Gasteiger partial charge in [0.15, 0.2) is 0 Å². The van der Waals surface area contributed by atoms with Crippen LogP contribution in [-0.4, -0.2) is 50.8 Å². The number of carbonyl (C=O) groups is 2. The molecule has 1 aromatic rings. The van der Waals surface area contributed by atoms with Crippen LogP contribution in [0.2, 0.25) is 0 Å². The number of nitrogens with zero attached hydrogens (tertiary/aromatic N) is 1. The van der Waals surface area contributed by atoms with Crippen LogP contribution in [0.4, 0.5) is 4.79 Å². The van der Waals surface area contributed by atoms with E-state index in [1.807, 2.05) is 24.3 Å². The van der Waals surface area contributed by atoms with Crippen molar-refractivity contribution in [2.45, 2.75) is 31.1 Å². The Morgan fingerprint density at radius 3 is 2.48 bits per heavy atom. The van der Waals surface area contributed by atoms with Gasteiger partial charge in [0.25, 0.3) is 0 Å². The molecule has 1 aromatic carbocycles. The van der Waals surface area contributed by atoms with Crippen molar-refractivity contribution < 1.29 is 19.1 Å². The van der Waals surface area contributed by atoms with E-state index in [-0.39, 0.29) is 12.0 Å². The molecule has 6 nitrogen and oxygen atoms in total. The van der Waals surface area contributed by atoms with Gasteiger partial charge >= 0.3 is 6.09 Å². The topological polar surface area (TPSA) is 67.9 Å². The highest BCUT2D eigenvalue weighted by atomic mass is 16.5. The second kappa shape index (κ2) is 7.33. The standard InChI is InChI=1S/C19H26N2O4/c1-24-16-6-4-3-5-15(16)19(9-10-19)17(22)20-13-14-7-11-21(12-8-14)18(23)25-2/h3-6,14H,7-13H2,1-2H3,(H,20,22). The minimum atomic E-state index is -0.431. The fourth-order valence-electron chi connectivity index (χ4n) is 3.64. The van der Waals surface area contributed by atoms with E-state index in [9.17, 15) is 9.59 Å². The third-order valence-corrected chi connectivity index (χ3v) is 5.41. The number of hydrogen-bond acceptors (Lipinski definition) is 4. The number of methoxy groups -OCH3 is 2. The number of benzene rings is 1. The number of hydrogen-bond donors (Lipinski definition) is 1. The zero-order valence-corrected chi connectivity index (χ0v) is 14.9. The second-order valence-corrected chi connectivity index (χ2v) is 6.89. The molecule has 0 unspecified atom stereocenters. The summed E-state index contributed by atoms with van der Waals surface area (Å²) in [5, 5.41) is 3.13. The molecule has 2 fully saturated rings. The maximum atomic E-state index is 12.8. The highest BCUT2D eigenvalue weighted by molar-refractivity contribution is 5.92. The molecule has 0 aromatic heterocycles. The predicted molar refractivity (Wildman–Crippen MR) is 93.6 cm³/mol. The molecule has 25 heavy (non-hydrogen) atoms. The molecule has 1 aliphatic heterocycles.